The summed E-state index contributed by atoms with van der Waals surface area (Å²) in [5.74, 6) is 1.06. The molecule has 0 fully saturated rings. The highest BCUT2D eigenvalue weighted by Gasteiger charge is 2.13. The Kier molecular flexibility index (Phi) is 6.09. The van der Waals surface area contributed by atoms with Crippen LogP contribution in [0.1, 0.15) is 27.7 Å². The van der Waals surface area contributed by atoms with Gasteiger partial charge in [-0.15, -0.1) is 0 Å². The molecule has 0 aliphatic rings. The number of likely N-dealkylation sites (N-methyl/N-ethyl adjacent to an activating group) is 2. The molecule has 0 aliphatic carbocycles. The Morgan fingerprint density at radius 2 is 2.15 bits per heavy atom. The molecule has 0 unspecified atom stereocenters. The van der Waals surface area contributed by atoms with Gasteiger partial charge in [-0.1, -0.05) is 0 Å². The fraction of sp³-hybridized carbons (Fsp3) is 0.571. The summed E-state index contributed by atoms with van der Waals surface area (Å²) < 4.78 is 5.57. The van der Waals surface area contributed by atoms with Gasteiger partial charge in [0.15, 0.2) is 0 Å². The number of pyridine rings is 1. The fourth-order valence-corrected chi connectivity index (χ4v) is 1.72. The summed E-state index contributed by atoms with van der Waals surface area (Å²) in [6.07, 6.45) is -0.00137. The van der Waals surface area contributed by atoms with Crippen LogP contribution in [0.25, 0.3) is 0 Å². The lowest BCUT2D eigenvalue weighted by atomic mass is 10.3. The highest BCUT2D eigenvalue weighted by atomic mass is 16.5. The molecule has 1 rings (SSSR count). The van der Waals surface area contributed by atoms with Gasteiger partial charge in [-0.3, -0.25) is 4.79 Å². The van der Waals surface area contributed by atoms with Crippen molar-refractivity contribution in [3.05, 3.63) is 12.1 Å². The molecule has 1 aromatic rings. The van der Waals surface area contributed by atoms with Crippen LogP contribution in [0.4, 0.5) is 11.5 Å². The van der Waals surface area contributed by atoms with Crippen LogP contribution in [0.2, 0.25) is 0 Å². The van der Waals surface area contributed by atoms with E-state index < -0.39 is 0 Å². The standard InChI is InChI=1S/C14H24N4O2/c1-5-16-13(19)9-18(6-2)12-8-7-11(15)14(17-12)20-10(3)4/h7-8,10H,5-6,9,15H2,1-4H3,(H,16,19). The third kappa shape index (κ3) is 4.60. The molecule has 3 N–H and O–H groups in total. The second kappa shape index (κ2) is 7.57. The molecule has 0 radical (unpaired) electrons. The minimum absolute atomic E-state index is 0.00137. The van der Waals surface area contributed by atoms with E-state index in [9.17, 15) is 4.79 Å². The molecule has 0 aliphatic heterocycles. The van der Waals surface area contributed by atoms with E-state index in [-0.39, 0.29) is 18.6 Å². The first-order valence-electron chi connectivity index (χ1n) is 6.92. The van der Waals surface area contributed by atoms with E-state index in [0.29, 0.717) is 30.5 Å². The van der Waals surface area contributed by atoms with Crippen molar-refractivity contribution in [2.45, 2.75) is 33.8 Å². The normalized spacial score (nSPS) is 10.4. The molecule has 0 atom stereocenters. The van der Waals surface area contributed by atoms with E-state index >= 15 is 0 Å². The average molecular weight is 280 g/mol. The number of amides is 1. The molecule has 0 saturated heterocycles. The van der Waals surface area contributed by atoms with E-state index in [1.54, 1.807) is 12.1 Å². The number of hydrogen-bond donors (Lipinski definition) is 2. The Hall–Kier alpha value is -1.98. The number of nitrogens with one attached hydrogen (secondary N) is 1. The largest absolute Gasteiger partial charge is 0.473 e. The van der Waals surface area contributed by atoms with Crippen molar-refractivity contribution in [2.24, 2.45) is 0 Å². The molecule has 20 heavy (non-hydrogen) atoms. The van der Waals surface area contributed by atoms with Crippen molar-refractivity contribution in [1.29, 1.82) is 0 Å². The van der Waals surface area contributed by atoms with Gasteiger partial charge < -0.3 is 20.7 Å². The smallest absolute Gasteiger partial charge is 0.239 e. The van der Waals surface area contributed by atoms with Gasteiger partial charge in [0.05, 0.1) is 18.3 Å². The lowest BCUT2D eigenvalue weighted by Gasteiger charge is -2.22. The number of nitrogens with zero attached hydrogens (tertiary/aromatic N) is 2. The number of hydrogen-bond acceptors (Lipinski definition) is 5. The first-order chi connectivity index (χ1) is 9.47. The third-order valence-electron chi connectivity index (χ3n) is 2.64. The molecule has 1 heterocycles. The van der Waals surface area contributed by atoms with Gasteiger partial charge in [0.25, 0.3) is 0 Å². The highest BCUT2D eigenvalue weighted by molar-refractivity contribution is 5.81. The minimum atomic E-state index is -0.0284. The summed E-state index contributed by atoms with van der Waals surface area (Å²) in [5.41, 5.74) is 6.34. The van der Waals surface area contributed by atoms with Gasteiger partial charge in [-0.2, -0.15) is 4.98 Å². The van der Waals surface area contributed by atoms with Crippen molar-refractivity contribution in [3.8, 4) is 5.88 Å². The summed E-state index contributed by atoms with van der Waals surface area (Å²) in [4.78, 5) is 17.9. The van der Waals surface area contributed by atoms with Gasteiger partial charge in [-0.25, -0.2) is 0 Å². The Bertz CT molecular complexity index is 449. The quantitative estimate of drug-likeness (QED) is 0.789. The first-order valence-corrected chi connectivity index (χ1v) is 6.92. The molecular weight excluding hydrogens is 256 g/mol. The van der Waals surface area contributed by atoms with E-state index in [2.05, 4.69) is 10.3 Å². The lowest BCUT2D eigenvalue weighted by Crippen LogP contribution is -2.37. The Balaban J connectivity index is 2.89. The zero-order valence-electron chi connectivity index (χ0n) is 12.6. The SMILES string of the molecule is CCNC(=O)CN(CC)c1ccc(N)c(OC(C)C)n1. The molecule has 1 amide bonds. The number of carbonyl (C=O) groups excluding carboxylic acids is 1. The van der Waals surface area contributed by atoms with Crippen LogP contribution in [0.15, 0.2) is 12.1 Å². The molecule has 0 bridgehead atoms. The van der Waals surface area contributed by atoms with E-state index in [1.165, 1.54) is 0 Å². The second-order valence-electron chi connectivity index (χ2n) is 4.70. The zero-order valence-corrected chi connectivity index (χ0v) is 12.6. The van der Waals surface area contributed by atoms with Crippen molar-refractivity contribution in [3.63, 3.8) is 0 Å². The second-order valence-corrected chi connectivity index (χ2v) is 4.70. The van der Waals surface area contributed by atoms with E-state index in [1.807, 2.05) is 32.6 Å². The summed E-state index contributed by atoms with van der Waals surface area (Å²) in [5, 5.41) is 2.77. The molecule has 0 spiro atoms. The molecule has 0 saturated carbocycles. The number of aromatic nitrogens is 1. The summed E-state index contributed by atoms with van der Waals surface area (Å²) in [6.45, 7) is 9.26. The number of nitrogens with two attached hydrogens (primary N) is 1. The highest BCUT2D eigenvalue weighted by Crippen LogP contribution is 2.23. The van der Waals surface area contributed by atoms with E-state index in [0.717, 1.165) is 0 Å². The monoisotopic (exact) mass is 280 g/mol. The topological polar surface area (TPSA) is 80.5 Å². The summed E-state index contributed by atoms with van der Waals surface area (Å²) in [6, 6.07) is 3.55. The third-order valence-corrected chi connectivity index (χ3v) is 2.64. The molecule has 112 valence electrons. The number of anilines is 2. The van der Waals surface area contributed by atoms with Crippen LogP contribution < -0.4 is 20.7 Å². The Labute approximate surface area is 120 Å². The first kappa shape index (κ1) is 16.1. The fourth-order valence-electron chi connectivity index (χ4n) is 1.72. The number of carbonyl (C=O) groups is 1. The van der Waals surface area contributed by atoms with Crippen LogP contribution in [-0.2, 0) is 4.79 Å². The van der Waals surface area contributed by atoms with Crippen molar-refractivity contribution >= 4 is 17.4 Å². The maximum Gasteiger partial charge on any atom is 0.239 e. The van der Waals surface area contributed by atoms with Gasteiger partial charge in [0.2, 0.25) is 11.8 Å². The van der Waals surface area contributed by atoms with Crippen molar-refractivity contribution < 1.29 is 9.53 Å². The van der Waals surface area contributed by atoms with E-state index in [4.69, 9.17) is 10.5 Å². The van der Waals surface area contributed by atoms with Crippen LogP contribution in [0.3, 0.4) is 0 Å². The molecule has 1 aromatic heterocycles. The average Bonchev–Trinajstić information content (AvgIpc) is 2.38. The Morgan fingerprint density at radius 1 is 1.45 bits per heavy atom. The maximum atomic E-state index is 11.7. The minimum Gasteiger partial charge on any atom is -0.473 e. The number of nitrogen functional groups attached to an aromatic ring is 1. The van der Waals surface area contributed by atoms with Crippen LogP contribution in [0, 0.1) is 0 Å². The predicted molar refractivity (Wildman–Crippen MR) is 81.0 cm³/mol. The number of rotatable bonds is 7. The predicted octanol–water partition coefficient (Wildman–Crippen LogP) is 1.41. The van der Waals surface area contributed by atoms with Gasteiger partial charge in [0, 0.05) is 13.1 Å². The van der Waals surface area contributed by atoms with Crippen molar-refractivity contribution in [1.82, 2.24) is 10.3 Å². The molecular formula is C14H24N4O2. The van der Waals surface area contributed by atoms with Crippen LogP contribution in [-0.4, -0.2) is 36.6 Å². The molecule has 0 aromatic carbocycles. The van der Waals surface area contributed by atoms with Crippen LogP contribution >= 0.6 is 0 Å². The van der Waals surface area contributed by atoms with Gasteiger partial charge in [-0.05, 0) is 39.8 Å². The molecule has 6 nitrogen and oxygen atoms in total. The Morgan fingerprint density at radius 3 is 2.70 bits per heavy atom. The summed E-state index contributed by atoms with van der Waals surface area (Å²) >= 11 is 0. The van der Waals surface area contributed by atoms with Crippen molar-refractivity contribution in [2.75, 3.05) is 30.3 Å². The zero-order chi connectivity index (χ0) is 15.1. The van der Waals surface area contributed by atoms with Crippen LogP contribution in [0.5, 0.6) is 5.88 Å². The van der Waals surface area contributed by atoms with Gasteiger partial charge in [0.1, 0.15) is 5.82 Å². The number of ether oxygens (including phenoxy) is 1. The summed E-state index contributed by atoms with van der Waals surface area (Å²) in [7, 11) is 0. The van der Waals surface area contributed by atoms with Gasteiger partial charge >= 0.3 is 0 Å². The molecule has 6 heteroatoms. The lowest BCUT2D eigenvalue weighted by molar-refractivity contribution is -0.119. The maximum absolute atomic E-state index is 11.7.